The molecule has 1 aliphatic rings. The Hall–Kier alpha value is -3.00. The Morgan fingerprint density at radius 3 is 2.32 bits per heavy atom. The van der Waals surface area contributed by atoms with Crippen LogP contribution >= 0.6 is 23.2 Å². The summed E-state index contributed by atoms with van der Waals surface area (Å²) in [5, 5.41) is 12.3. The zero-order valence-electron chi connectivity index (χ0n) is 22.4. The first kappa shape index (κ1) is 30.9. The number of fused-ring (bicyclic) bond motifs is 1. The van der Waals surface area contributed by atoms with Gasteiger partial charge in [0.15, 0.2) is 5.78 Å². The summed E-state index contributed by atoms with van der Waals surface area (Å²) >= 11 is 12.6. The van der Waals surface area contributed by atoms with Crippen molar-refractivity contribution in [1.82, 2.24) is 0 Å². The molecule has 0 fully saturated rings. The average Bonchev–Trinajstić information content (AvgIpc) is 2.95. The van der Waals surface area contributed by atoms with Gasteiger partial charge in [0.2, 0.25) is 0 Å². The molecule has 0 amide bonds. The number of carbonyl (C=O) groups is 2. The minimum Gasteiger partial charge on any atom is -0.549 e. The molecule has 0 N–H and O–H groups in total. The van der Waals surface area contributed by atoms with E-state index in [0.29, 0.717) is 64.8 Å². The summed E-state index contributed by atoms with van der Waals surface area (Å²) in [4.78, 5) is 24.3. The van der Waals surface area contributed by atoms with Crippen LogP contribution in [-0.4, -0.2) is 18.4 Å². The van der Waals surface area contributed by atoms with Gasteiger partial charge < -0.3 is 24.1 Å². The molecule has 204 valence electrons. The monoisotopic (exact) mass is 598 g/mol. The average molecular weight is 599 g/mol. The first-order valence-electron chi connectivity index (χ1n) is 12.9. The third kappa shape index (κ3) is 7.85. The summed E-state index contributed by atoms with van der Waals surface area (Å²) in [5.41, 5.74) is 2.02. The molecule has 0 saturated heterocycles. The number of carboxylic acids is 1. The van der Waals surface area contributed by atoms with Crippen molar-refractivity contribution in [1.29, 1.82) is 0 Å². The fraction of sp³-hybridized carbons (Fsp3) is 0.188. The van der Waals surface area contributed by atoms with Gasteiger partial charge in [-0.05, 0) is 79.4 Å². The van der Waals surface area contributed by atoms with E-state index in [1.807, 2.05) is 42.5 Å². The van der Waals surface area contributed by atoms with Gasteiger partial charge in [0.05, 0.1) is 11.6 Å². The number of rotatable bonds is 10. The van der Waals surface area contributed by atoms with E-state index in [9.17, 15) is 14.7 Å². The van der Waals surface area contributed by atoms with Crippen LogP contribution in [0.15, 0.2) is 84.9 Å². The van der Waals surface area contributed by atoms with Crippen molar-refractivity contribution in [2.75, 3.05) is 6.61 Å². The number of Topliss-reactive ketones (excluding diaryl/α,β-unsaturated/α-hetero) is 1. The SMILES string of the molecule is O=C(CCCc1ccc(Cl)cc1Oc1ccccc1)c1ccc(Oc2cc3c(cc2Cl)C(C(=O)[O-])CCO3)cc1.[Na+]. The van der Waals surface area contributed by atoms with Crippen molar-refractivity contribution >= 4 is 35.0 Å². The largest absolute Gasteiger partial charge is 1.00 e. The minimum absolute atomic E-state index is 0. The van der Waals surface area contributed by atoms with E-state index < -0.39 is 11.9 Å². The summed E-state index contributed by atoms with van der Waals surface area (Å²) in [7, 11) is 0. The van der Waals surface area contributed by atoms with Gasteiger partial charge in [-0.25, -0.2) is 0 Å². The number of carbonyl (C=O) groups excluding carboxylic acids is 2. The van der Waals surface area contributed by atoms with Gasteiger partial charge >= 0.3 is 29.6 Å². The smallest absolute Gasteiger partial charge is 0.549 e. The quantitative estimate of drug-likeness (QED) is 0.199. The molecule has 1 aliphatic heterocycles. The van der Waals surface area contributed by atoms with Crippen molar-refractivity contribution < 1.29 is 58.5 Å². The fourth-order valence-corrected chi connectivity index (χ4v) is 4.95. The maximum Gasteiger partial charge on any atom is 1.00 e. The van der Waals surface area contributed by atoms with Crippen LogP contribution < -0.4 is 48.9 Å². The number of halogens is 2. The number of ether oxygens (including phenoxy) is 3. The van der Waals surface area contributed by atoms with Crippen LogP contribution in [-0.2, 0) is 11.2 Å². The minimum atomic E-state index is -1.16. The predicted molar refractivity (Wildman–Crippen MR) is 151 cm³/mol. The summed E-state index contributed by atoms with van der Waals surface area (Å²) in [6.07, 6.45) is 1.98. The number of benzene rings is 4. The number of para-hydroxylation sites is 1. The van der Waals surface area contributed by atoms with Crippen molar-refractivity contribution in [2.24, 2.45) is 0 Å². The van der Waals surface area contributed by atoms with E-state index >= 15 is 0 Å². The zero-order valence-corrected chi connectivity index (χ0v) is 25.9. The van der Waals surface area contributed by atoms with Crippen LogP contribution in [0.3, 0.4) is 0 Å². The van der Waals surface area contributed by atoms with Gasteiger partial charge in [-0.15, -0.1) is 0 Å². The predicted octanol–water partition coefficient (Wildman–Crippen LogP) is 4.40. The molecule has 0 aliphatic carbocycles. The van der Waals surface area contributed by atoms with Crippen LogP contribution in [0.1, 0.15) is 46.7 Å². The molecule has 1 unspecified atom stereocenters. The molecule has 0 spiro atoms. The molecule has 5 rings (SSSR count). The van der Waals surface area contributed by atoms with Crippen LogP contribution in [0, 0.1) is 0 Å². The molecule has 1 atom stereocenters. The molecule has 4 aromatic carbocycles. The molecule has 0 aromatic heterocycles. The van der Waals surface area contributed by atoms with Crippen molar-refractivity contribution in [3.63, 3.8) is 0 Å². The Morgan fingerprint density at radius 1 is 0.878 bits per heavy atom. The molecular formula is C32H25Cl2NaO6. The molecule has 9 heteroatoms. The zero-order chi connectivity index (χ0) is 28.1. The van der Waals surface area contributed by atoms with Gasteiger partial charge in [-0.2, -0.15) is 0 Å². The van der Waals surface area contributed by atoms with Crippen LogP contribution in [0.25, 0.3) is 0 Å². The maximum atomic E-state index is 12.9. The van der Waals surface area contributed by atoms with E-state index in [1.165, 1.54) is 0 Å². The third-order valence-corrected chi connectivity index (χ3v) is 7.17. The van der Waals surface area contributed by atoms with Crippen molar-refractivity contribution in [2.45, 2.75) is 31.6 Å². The van der Waals surface area contributed by atoms with Crippen LogP contribution in [0.5, 0.6) is 28.7 Å². The second kappa shape index (κ2) is 14.3. The fourth-order valence-electron chi connectivity index (χ4n) is 4.58. The first-order valence-corrected chi connectivity index (χ1v) is 13.6. The number of aliphatic carboxylic acids is 1. The Morgan fingerprint density at radius 2 is 1.59 bits per heavy atom. The molecule has 6 nitrogen and oxygen atoms in total. The van der Waals surface area contributed by atoms with Gasteiger partial charge in [0.25, 0.3) is 0 Å². The molecule has 0 bridgehead atoms. The molecule has 41 heavy (non-hydrogen) atoms. The maximum absolute atomic E-state index is 12.9. The van der Waals surface area contributed by atoms with E-state index in [1.54, 1.807) is 42.5 Å². The molecule has 4 aromatic rings. The second-order valence-electron chi connectivity index (χ2n) is 9.40. The Bertz CT molecular complexity index is 1530. The van der Waals surface area contributed by atoms with E-state index in [2.05, 4.69) is 0 Å². The molecule has 0 radical (unpaired) electrons. The van der Waals surface area contributed by atoms with E-state index in [0.717, 1.165) is 11.3 Å². The van der Waals surface area contributed by atoms with Gasteiger partial charge in [-0.3, -0.25) is 4.79 Å². The molecule has 0 saturated carbocycles. The Kier molecular flexibility index (Phi) is 10.8. The van der Waals surface area contributed by atoms with Crippen molar-refractivity contribution in [3.05, 3.63) is 112 Å². The molecular weight excluding hydrogens is 574 g/mol. The standard InChI is InChI=1S/C32H26Cl2O6.Na/c33-22-12-9-21(29(17-22)39-23-6-2-1-3-7-23)5-4-8-28(35)20-10-13-24(14-11-20)40-31-19-30-26(18-27(31)34)25(32(36)37)15-16-38-30;/h1-3,6-7,9-14,17-19,25H,4-5,8,15-16H2,(H,36,37);/q;+1/p-1. The number of carboxylic acid groups (broad SMARTS) is 1. The summed E-state index contributed by atoms with van der Waals surface area (Å²) in [6, 6.07) is 24.9. The second-order valence-corrected chi connectivity index (χ2v) is 10.2. The van der Waals surface area contributed by atoms with E-state index in [-0.39, 0.29) is 47.0 Å². The number of ketones is 1. The first-order chi connectivity index (χ1) is 19.4. The van der Waals surface area contributed by atoms with Crippen LogP contribution in [0.2, 0.25) is 10.0 Å². The van der Waals surface area contributed by atoms with Crippen LogP contribution in [0.4, 0.5) is 0 Å². The normalized spacial score (nSPS) is 13.8. The summed E-state index contributed by atoms with van der Waals surface area (Å²) in [5.74, 6) is 0.685. The van der Waals surface area contributed by atoms with E-state index in [4.69, 9.17) is 37.4 Å². The summed E-state index contributed by atoms with van der Waals surface area (Å²) < 4.78 is 17.5. The number of hydrogen-bond acceptors (Lipinski definition) is 6. The third-order valence-electron chi connectivity index (χ3n) is 6.64. The number of hydrogen-bond donors (Lipinski definition) is 0. The Balaban J connectivity index is 0.00000387. The van der Waals surface area contributed by atoms with Gasteiger partial charge in [-0.1, -0.05) is 47.5 Å². The summed E-state index contributed by atoms with van der Waals surface area (Å²) in [6.45, 7) is 0.267. The topological polar surface area (TPSA) is 84.9 Å². The van der Waals surface area contributed by atoms with Gasteiger partial charge in [0.1, 0.15) is 28.7 Å². The van der Waals surface area contributed by atoms with Crippen molar-refractivity contribution in [3.8, 4) is 28.7 Å². The van der Waals surface area contributed by atoms with Gasteiger partial charge in [0, 0.05) is 40.5 Å². The Labute approximate surface area is 270 Å². The number of aryl methyl sites for hydroxylation is 1. The molecule has 1 heterocycles.